The maximum atomic E-state index is 12.1. The first-order chi connectivity index (χ1) is 5.50. The first-order valence-corrected chi connectivity index (χ1v) is 3.31. The predicted octanol–water partition coefficient (Wildman–Crippen LogP) is 1.50. The maximum Gasteiger partial charge on any atom is 0.319 e. The fourth-order valence-electron chi connectivity index (χ4n) is 0.493. The lowest BCUT2D eigenvalue weighted by molar-refractivity contribution is -0.125. The third kappa shape index (κ3) is 4.19. The zero-order valence-corrected chi connectivity index (χ0v) is 6.29. The van der Waals surface area contributed by atoms with Gasteiger partial charge in [0, 0.05) is 13.0 Å². The van der Waals surface area contributed by atoms with Gasteiger partial charge < -0.3 is 5.32 Å². The van der Waals surface area contributed by atoms with E-state index in [1.807, 2.05) is 0 Å². The Morgan fingerprint density at radius 2 is 2.00 bits per heavy atom. The second-order valence-electron chi connectivity index (χ2n) is 2.19. The lowest BCUT2D eigenvalue weighted by Crippen LogP contribution is -2.39. The molecule has 1 nitrogen and oxygen atoms in total. The van der Waals surface area contributed by atoms with Crippen LogP contribution in [0, 0.1) is 12.3 Å². The summed E-state index contributed by atoms with van der Waals surface area (Å²) >= 11 is 0. The van der Waals surface area contributed by atoms with Crippen LogP contribution in [0.3, 0.4) is 0 Å². The summed E-state index contributed by atoms with van der Waals surface area (Å²) in [5.74, 6) is -1.78. The van der Waals surface area contributed by atoms with Crippen molar-refractivity contribution < 1.29 is 17.6 Å². The van der Waals surface area contributed by atoms with Crippen LogP contribution < -0.4 is 5.32 Å². The molecule has 0 aliphatic carbocycles. The van der Waals surface area contributed by atoms with E-state index in [1.165, 1.54) is 0 Å². The Bertz CT molecular complexity index is 161. The number of halogens is 4. The Labute approximate surface area is 68.1 Å². The summed E-state index contributed by atoms with van der Waals surface area (Å²) in [6.45, 7) is -0.912. The van der Waals surface area contributed by atoms with E-state index in [1.54, 1.807) is 0 Å². The molecule has 0 radical (unpaired) electrons. The molecule has 0 bridgehead atoms. The van der Waals surface area contributed by atoms with Crippen LogP contribution in [0.2, 0.25) is 0 Å². The normalized spacial score (nSPS) is 11.7. The molecule has 5 heteroatoms. The molecule has 0 heterocycles. The van der Waals surface area contributed by atoms with Crippen LogP contribution in [0.1, 0.15) is 6.42 Å². The summed E-state index contributed by atoms with van der Waals surface area (Å²) in [6.07, 6.45) is 1.43. The summed E-state index contributed by atoms with van der Waals surface area (Å²) in [7, 11) is 0. The van der Waals surface area contributed by atoms with E-state index in [0.29, 0.717) is 0 Å². The molecule has 0 spiro atoms. The smallest absolute Gasteiger partial charge is 0.310 e. The molecule has 0 unspecified atom stereocenters. The van der Waals surface area contributed by atoms with Crippen LogP contribution in [0.25, 0.3) is 0 Å². The molecule has 0 aromatic carbocycles. The van der Waals surface area contributed by atoms with Crippen molar-refractivity contribution in [1.29, 1.82) is 0 Å². The van der Waals surface area contributed by atoms with Gasteiger partial charge in [-0.05, 0) is 0 Å². The van der Waals surface area contributed by atoms with Gasteiger partial charge in [-0.1, -0.05) is 0 Å². The maximum absolute atomic E-state index is 12.1. The molecule has 0 aromatic heterocycles. The fraction of sp³-hybridized carbons (Fsp3) is 0.714. The zero-order chi connectivity index (χ0) is 9.61. The van der Waals surface area contributed by atoms with Crippen molar-refractivity contribution in [2.75, 3.05) is 13.1 Å². The average molecular weight is 183 g/mol. The van der Waals surface area contributed by atoms with Gasteiger partial charge in [-0.3, -0.25) is 0 Å². The van der Waals surface area contributed by atoms with E-state index < -0.39 is 18.9 Å². The molecular formula is C7H9F4N. The van der Waals surface area contributed by atoms with Gasteiger partial charge in [0.05, 0.1) is 6.54 Å². The zero-order valence-electron chi connectivity index (χ0n) is 6.29. The molecule has 0 aliphatic heterocycles. The average Bonchev–Trinajstić information content (AvgIpc) is 1.98. The first-order valence-electron chi connectivity index (χ1n) is 3.31. The lowest BCUT2D eigenvalue weighted by atomic mass is 10.3. The molecule has 12 heavy (non-hydrogen) atoms. The van der Waals surface area contributed by atoms with E-state index in [0.717, 1.165) is 0 Å². The minimum Gasteiger partial charge on any atom is -0.310 e. The van der Waals surface area contributed by atoms with Crippen LogP contribution >= 0.6 is 0 Å². The Morgan fingerprint density at radius 3 is 2.42 bits per heavy atom. The van der Waals surface area contributed by atoms with Crippen LogP contribution in [0.15, 0.2) is 0 Å². The van der Waals surface area contributed by atoms with Crippen molar-refractivity contribution in [3.05, 3.63) is 0 Å². The van der Waals surface area contributed by atoms with Crippen LogP contribution in [0.5, 0.6) is 0 Å². The molecule has 0 saturated carbocycles. The highest BCUT2D eigenvalue weighted by molar-refractivity contribution is 4.84. The summed E-state index contributed by atoms with van der Waals surface area (Å²) in [6, 6.07) is 0. The molecule has 1 N–H and O–H groups in total. The van der Waals surface area contributed by atoms with Crippen molar-refractivity contribution in [2.24, 2.45) is 0 Å². The minimum absolute atomic E-state index is 0.124. The lowest BCUT2D eigenvalue weighted by Gasteiger charge is -2.14. The van der Waals surface area contributed by atoms with E-state index in [4.69, 9.17) is 6.42 Å². The van der Waals surface area contributed by atoms with Crippen molar-refractivity contribution >= 4 is 0 Å². The SMILES string of the molecule is C#CCCNCC(F)(F)C(F)F. The molecule has 0 saturated heterocycles. The van der Waals surface area contributed by atoms with Gasteiger partial charge in [-0.15, -0.1) is 12.3 Å². The number of hydrogen-bond acceptors (Lipinski definition) is 1. The van der Waals surface area contributed by atoms with Gasteiger partial charge in [0.25, 0.3) is 0 Å². The Morgan fingerprint density at radius 1 is 1.42 bits per heavy atom. The summed E-state index contributed by atoms with van der Waals surface area (Å²) < 4.78 is 47.2. The largest absolute Gasteiger partial charge is 0.319 e. The monoisotopic (exact) mass is 183 g/mol. The van der Waals surface area contributed by atoms with Crippen molar-refractivity contribution in [1.82, 2.24) is 5.32 Å². The Balaban J connectivity index is 3.56. The van der Waals surface area contributed by atoms with Gasteiger partial charge in [0.1, 0.15) is 0 Å². The highest BCUT2D eigenvalue weighted by Crippen LogP contribution is 2.21. The van der Waals surface area contributed by atoms with Crippen molar-refractivity contribution in [2.45, 2.75) is 18.8 Å². The summed E-state index contributed by atoms with van der Waals surface area (Å²) in [4.78, 5) is 0. The van der Waals surface area contributed by atoms with E-state index >= 15 is 0 Å². The highest BCUT2D eigenvalue weighted by Gasteiger charge is 2.39. The molecule has 0 rings (SSSR count). The number of rotatable bonds is 5. The number of hydrogen-bond donors (Lipinski definition) is 1. The molecule has 0 fully saturated rings. The summed E-state index contributed by atoms with van der Waals surface area (Å²) in [5, 5.41) is 2.14. The number of terminal acetylenes is 1. The second kappa shape index (κ2) is 4.99. The topological polar surface area (TPSA) is 12.0 Å². The van der Waals surface area contributed by atoms with Crippen LogP contribution in [0.4, 0.5) is 17.6 Å². The van der Waals surface area contributed by atoms with E-state index in [-0.39, 0.29) is 13.0 Å². The molecular weight excluding hydrogens is 174 g/mol. The van der Waals surface area contributed by atoms with Crippen molar-refractivity contribution in [3.63, 3.8) is 0 Å². The quantitative estimate of drug-likeness (QED) is 0.387. The van der Waals surface area contributed by atoms with Crippen molar-refractivity contribution in [3.8, 4) is 12.3 Å². The predicted molar refractivity (Wildman–Crippen MR) is 37.3 cm³/mol. The molecule has 0 aromatic rings. The highest BCUT2D eigenvalue weighted by atomic mass is 19.3. The Hall–Kier alpha value is -0.760. The Kier molecular flexibility index (Phi) is 4.67. The number of alkyl halides is 4. The van der Waals surface area contributed by atoms with Crippen LogP contribution in [-0.2, 0) is 0 Å². The first kappa shape index (κ1) is 11.2. The van der Waals surface area contributed by atoms with Gasteiger partial charge in [-0.25, -0.2) is 8.78 Å². The van der Waals surface area contributed by atoms with Gasteiger partial charge >= 0.3 is 12.3 Å². The van der Waals surface area contributed by atoms with E-state index in [9.17, 15) is 17.6 Å². The second-order valence-corrected chi connectivity index (χ2v) is 2.19. The van der Waals surface area contributed by atoms with Gasteiger partial charge in [0.2, 0.25) is 0 Å². The summed E-state index contributed by atoms with van der Waals surface area (Å²) in [5.41, 5.74) is 0. The minimum atomic E-state index is -3.96. The van der Waals surface area contributed by atoms with Gasteiger partial charge in [-0.2, -0.15) is 8.78 Å². The molecule has 0 aliphatic rings. The molecule has 0 atom stereocenters. The fourth-order valence-corrected chi connectivity index (χ4v) is 0.493. The van der Waals surface area contributed by atoms with E-state index in [2.05, 4.69) is 11.2 Å². The standard InChI is InChI=1S/C7H9F4N/c1-2-3-4-12-5-7(10,11)6(8)9/h1,6,12H,3-5H2. The third-order valence-corrected chi connectivity index (χ3v) is 1.13. The van der Waals surface area contributed by atoms with Gasteiger partial charge in [0.15, 0.2) is 0 Å². The third-order valence-electron chi connectivity index (χ3n) is 1.13. The number of nitrogens with one attached hydrogen (secondary N) is 1. The molecule has 70 valence electrons. The van der Waals surface area contributed by atoms with Crippen LogP contribution in [-0.4, -0.2) is 25.4 Å². The molecule has 0 amide bonds.